The zero-order valence-corrected chi connectivity index (χ0v) is 9.96. The molecule has 0 amide bonds. The van der Waals surface area contributed by atoms with Crippen LogP contribution in [-0.4, -0.2) is 6.21 Å². The van der Waals surface area contributed by atoms with Crippen molar-refractivity contribution < 1.29 is 0 Å². The van der Waals surface area contributed by atoms with Crippen LogP contribution >= 0.6 is 0 Å². The van der Waals surface area contributed by atoms with Crippen molar-refractivity contribution in [1.82, 2.24) is 0 Å². The van der Waals surface area contributed by atoms with Crippen molar-refractivity contribution >= 4 is 11.9 Å². The lowest BCUT2D eigenvalue weighted by Gasteiger charge is -2.03. The van der Waals surface area contributed by atoms with Crippen molar-refractivity contribution in [2.45, 2.75) is 41.0 Å². The summed E-state index contributed by atoms with van der Waals surface area (Å²) in [6.45, 7) is 10.2. The van der Waals surface area contributed by atoms with E-state index in [2.05, 4.69) is 37.0 Å². The Bertz CT molecular complexity index is 287. The van der Waals surface area contributed by atoms with Crippen LogP contribution in [0.5, 0.6) is 0 Å². The Balaban J connectivity index is 0.000000791. The third-order valence-corrected chi connectivity index (χ3v) is 1.88. The predicted molar refractivity (Wildman–Crippen MR) is 65.7 cm³/mol. The molecule has 1 rings (SSSR count). The average Bonchev–Trinajstić information content (AvgIpc) is 2.24. The smallest absolute Gasteiger partial charge is 0.0657 e. The standard InChI is InChI=1S/C11H15N.C2H6/c1-4-10-8-9(3)6-7-11(10)12-5-2;1-2/h5-8H,4H2,1-3H3;1-2H3. The fourth-order valence-corrected chi connectivity index (χ4v) is 1.26. The highest BCUT2D eigenvalue weighted by molar-refractivity contribution is 5.62. The number of hydrogen-bond donors (Lipinski definition) is 0. The van der Waals surface area contributed by atoms with E-state index >= 15 is 0 Å². The van der Waals surface area contributed by atoms with Crippen molar-refractivity contribution in [3.05, 3.63) is 29.3 Å². The summed E-state index contributed by atoms with van der Waals surface area (Å²) in [5, 5.41) is 0. The molecule has 0 radical (unpaired) electrons. The van der Waals surface area contributed by atoms with Gasteiger partial charge in [-0.3, -0.25) is 4.99 Å². The number of nitrogens with zero attached hydrogens (tertiary/aromatic N) is 1. The zero-order valence-electron chi connectivity index (χ0n) is 9.96. The van der Waals surface area contributed by atoms with Crippen molar-refractivity contribution in [2.75, 3.05) is 0 Å². The molecule has 0 N–H and O–H groups in total. The third kappa shape index (κ3) is 3.73. The van der Waals surface area contributed by atoms with Gasteiger partial charge in [0.1, 0.15) is 0 Å². The van der Waals surface area contributed by atoms with Crippen LogP contribution in [0.25, 0.3) is 0 Å². The van der Waals surface area contributed by atoms with Gasteiger partial charge in [0.05, 0.1) is 5.69 Å². The summed E-state index contributed by atoms with van der Waals surface area (Å²) < 4.78 is 0. The van der Waals surface area contributed by atoms with Crippen molar-refractivity contribution in [3.63, 3.8) is 0 Å². The van der Waals surface area contributed by atoms with E-state index in [1.54, 1.807) is 0 Å². The van der Waals surface area contributed by atoms with Crippen LogP contribution in [-0.2, 0) is 6.42 Å². The number of aryl methyl sites for hydroxylation is 2. The zero-order chi connectivity index (χ0) is 11.0. The Hall–Kier alpha value is -1.11. The number of aliphatic imine (C=N–C) groups is 1. The maximum atomic E-state index is 4.29. The molecule has 0 saturated heterocycles. The fraction of sp³-hybridized carbons (Fsp3) is 0.462. The van der Waals surface area contributed by atoms with Gasteiger partial charge in [-0.05, 0) is 31.9 Å². The van der Waals surface area contributed by atoms with Gasteiger partial charge in [-0.2, -0.15) is 0 Å². The molecule has 0 aromatic heterocycles. The minimum absolute atomic E-state index is 1.05. The SMILES string of the molecule is CC.CC=Nc1ccc(C)cc1CC. The third-order valence-electron chi connectivity index (χ3n) is 1.88. The summed E-state index contributed by atoms with van der Waals surface area (Å²) in [5.74, 6) is 0. The lowest BCUT2D eigenvalue weighted by atomic mass is 10.1. The van der Waals surface area contributed by atoms with Gasteiger partial charge in [-0.1, -0.05) is 38.5 Å². The van der Waals surface area contributed by atoms with E-state index in [1.807, 2.05) is 27.0 Å². The molecular formula is C13H21N. The summed E-state index contributed by atoms with van der Waals surface area (Å²) >= 11 is 0. The molecule has 0 saturated carbocycles. The predicted octanol–water partition coefficient (Wildman–Crippen LogP) is 4.31. The molecule has 1 aromatic rings. The van der Waals surface area contributed by atoms with Gasteiger partial charge in [-0.15, -0.1) is 0 Å². The minimum Gasteiger partial charge on any atom is -0.261 e. The Morgan fingerprint density at radius 2 is 1.93 bits per heavy atom. The second kappa shape index (κ2) is 7.31. The first kappa shape index (κ1) is 12.9. The quantitative estimate of drug-likeness (QED) is 0.618. The molecule has 0 unspecified atom stereocenters. The average molecular weight is 191 g/mol. The second-order valence-electron chi connectivity index (χ2n) is 2.87. The van der Waals surface area contributed by atoms with E-state index in [0.717, 1.165) is 12.1 Å². The first-order valence-electron chi connectivity index (χ1n) is 5.36. The van der Waals surface area contributed by atoms with Crippen molar-refractivity contribution in [1.29, 1.82) is 0 Å². The monoisotopic (exact) mass is 191 g/mol. The number of rotatable bonds is 2. The fourth-order valence-electron chi connectivity index (χ4n) is 1.26. The molecule has 1 nitrogen and oxygen atoms in total. The van der Waals surface area contributed by atoms with E-state index in [0.29, 0.717) is 0 Å². The molecule has 1 aromatic carbocycles. The maximum Gasteiger partial charge on any atom is 0.0657 e. The van der Waals surface area contributed by atoms with Crippen LogP contribution in [0.3, 0.4) is 0 Å². The molecule has 0 aliphatic heterocycles. The number of benzene rings is 1. The Morgan fingerprint density at radius 1 is 1.29 bits per heavy atom. The van der Waals surface area contributed by atoms with E-state index in [9.17, 15) is 0 Å². The van der Waals surface area contributed by atoms with Crippen molar-refractivity contribution in [3.8, 4) is 0 Å². The molecule has 0 spiro atoms. The van der Waals surface area contributed by atoms with Gasteiger partial charge >= 0.3 is 0 Å². The topological polar surface area (TPSA) is 12.4 Å². The van der Waals surface area contributed by atoms with Crippen LogP contribution in [0.15, 0.2) is 23.2 Å². The lowest BCUT2D eigenvalue weighted by Crippen LogP contribution is -1.82. The van der Waals surface area contributed by atoms with Crippen molar-refractivity contribution in [2.24, 2.45) is 4.99 Å². The Morgan fingerprint density at radius 3 is 2.43 bits per heavy atom. The van der Waals surface area contributed by atoms with E-state index < -0.39 is 0 Å². The summed E-state index contributed by atoms with van der Waals surface area (Å²) in [4.78, 5) is 4.29. The van der Waals surface area contributed by atoms with E-state index in [1.165, 1.54) is 11.1 Å². The lowest BCUT2D eigenvalue weighted by molar-refractivity contribution is 1.13. The molecule has 78 valence electrons. The highest BCUT2D eigenvalue weighted by atomic mass is 14.7. The van der Waals surface area contributed by atoms with Gasteiger partial charge in [0, 0.05) is 6.21 Å². The molecule has 0 aliphatic carbocycles. The molecule has 0 bridgehead atoms. The normalized spacial score (nSPS) is 9.79. The first-order chi connectivity index (χ1) is 6.77. The van der Waals surface area contributed by atoms with E-state index in [-0.39, 0.29) is 0 Å². The second-order valence-corrected chi connectivity index (χ2v) is 2.87. The molecular weight excluding hydrogens is 170 g/mol. The summed E-state index contributed by atoms with van der Waals surface area (Å²) in [5.41, 5.74) is 3.74. The summed E-state index contributed by atoms with van der Waals surface area (Å²) in [6.07, 6.45) is 2.89. The van der Waals surface area contributed by atoms with Crippen LogP contribution < -0.4 is 0 Å². The summed E-state index contributed by atoms with van der Waals surface area (Å²) in [6, 6.07) is 6.37. The summed E-state index contributed by atoms with van der Waals surface area (Å²) in [7, 11) is 0. The molecule has 0 aliphatic rings. The maximum absolute atomic E-state index is 4.29. The Labute approximate surface area is 87.9 Å². The van der Waals surface area contributed by atoms with Gasteiger partial charge < -0.3 is 0 Å². The van der Waals surface area contributed by atoms with Crippen LogP contribution in [0.1, 0.15) is 38.8 Å². The van der Waals surface area contributed by atoms with Crippen LogP contribution in [0, 0.1) is 6.92 Å². The van der Waals surface area contributed by atoms with Crippen LogP contribution in [0.4, 0.5) is 5.69 Å². The highest BCUT2D eigenvalue weighted by Gasteiger charge is 1.97. The highest BCUT2D eigenvalue weighted by Crippen LogP contribution is 2.20. The van der Waals surface area contributed by atoms with Gasteiger partial charge in [0.2, 0.25) is 0 Å². The molecule has 0 atom stereocenters. The Kier molecular flexibility index (Phi) is 6.73. The molecule has 14 heavy (non-hydrogen) atoms. The molecule has 1 heteroatoms. The molecule has 0 fully saturated rings. The largest absolute Gasteiger partial charge is 0.261 e. The minimum atomic E-state index is 1.05. The number of hydrogen-bond acceptors (Lipinski definition) is 1. The van der Waals surface area contributed by atoms with E-state index in [4.69, 9.17) is 0 Å². The first-order valence-corrected chi connectivity index (χ1v) is 5.36. The van der Waals surface area contributed by atoms with Gasteiger partial charge in [0.15, 0.2) is 0 Å². The molecule has 0 heterocycles. The van der Waals surface area contributed by atoms with Gasteiger partial charge in [-0.25, -0.2) is 0 Å². The van der Waals surface area contributed by atoms with Gasteiger partial charge in [0.25, 0.3) is 0 Å². The van der Waals surface area contributed by atoms with Crippen LogP contribution in [0.2, 0.25) is 0 Å².